The molecular weight excluding hydrogens is 324 g/mol. The van der Waals surface area contributed by atoms with E-state index in [1.807, 2.05) is 0 Å². The van der Waals surface area contributed by atoms with Crippen LogP contribution in [0, 0.1) is 10.1 Å². The maximum atomic E-state index is 10.8. The molecule has 1 fully saturated rings. The quantitative estimate of drug-likeness (QED) is 0.300. The van der Waals surface area contributed by atoms with Crippen molar-refractivity contribution in [2.24, 2.45) is 0 Å². The van der Waals surface area contributed by atoms with E-state index >= 15 is 0 Å². The number of nitrogens with zero attached hydrogens (tertiary/aromatic N) is 3. The molecule has 8 nitrogen and oxygen atoms in total. The Balaban J connectivity index is 1.77. The van der Waals surface area contributed by atoms with E-state index in [1.165, 1.54) is 6.07 Å². The van der Waals surface area contributed by atoms with E-state index in [2.05, 4.69) is 16.7 Å². The first-order valence-electron chi connectivity index (χ1n) is 8.78. The summed E-state index contributed by atoms with van der Waals surface area (Å²) in [5.41, 5.74) is 6.78. The number of β-amino-alcohol motifs (C(OH)–C–C–N with tert-alkyl or cyclic N) is 1. The number of anilines is 2. The second-order valence-corrected chi connectivity index (χ2v) is 6.37. The van der Waals surface area contributed by atoms with E-state index in [-0.39, 0.29) is 11.4 Å². The summed E-state index contributed by atoms with van der Waals surface area (Å²) in [6.45, 7) is 7.01. The number of hydrogen-bond acceptors (Lipinski definition) is 7. The van der Waals surface area contributed by atoms with Crippen molar-refractivity contribution < 1.29 is 14.8 Å². The number of nitrogen functional groups attached to an aromatic ring is 1. The van der Waals surface area contributed by atoms with Crippen LogP contribution in [0.4, 0.5) is 17.1 Å². The molecule has 25 heavy (non-hydrogen) atoms. The summed E-state index contributed by atoms with van der Waals surface area (Å²) in [5.74, 6) is 0. The Morgan fingerprint density at radius 3 is 2.68 bits per heavy atom. The van der Waals surface area contributed by atoms with Crippen molar-refractivity contribution in [3.8, 4) is 0 Å². The molecular formula is C17H28N4O4. The minimum absolute atomic E-state index is 0.0615. The first-order valence-corrected chi connectivity index (χ1v) is 8.78. The molecule has 1 atom stereocenters. The molecule has 0 radical (unpaired) electrons. The lowest BCUT2D eigenvalue weighted by atomic mass is 10.2. The minimum Gasteiger partial charge on any atom is -0.393 e. The normalized spacial score (nSPS) is 16.8. The summed E-state index contributed by atoms with van der Waals surface area (Å²) >= 11 is 0. The first kappa shape index (κ1) is 19.4. The maximum absolute atomic E-state index is 10.8. The van der Waals surface area contributed by atoms with Crippen molar-refractivity contribution >= 4 is 17.1 Å². The zero-order chi connectivity index (χ0) is 18.2. The molecule has 2 rings (SSSR count). The topological polar surface area (TPSA) is 105 Å². The predicted octanol–water partition coefficient (Wildman–Crippen LogP) is 1.48. The Kier molecular flexibility index (Phi) is 7.42. The standard InChI is InChI=1S/C17H28N4O4/c1-2-3-10-25-13-15(22)12-19-6-8-20(9-7-19)14-4-5-17(21(23)24)16(18)11-14/h4-5,11,15,22H,2-3,6-10,12-13,18H2,1H3. The number of aliphatic hydroxyl groups is 1. The fourth-order valence-electron chi connectivity index (χ4n) is 2.91. The summed E-state index contributed by atoms with van der Waals surface area (Å²) in [5, 5.41) is 20.9. The smallest absolute Gasteiger partial charge is 0.292 e. The van der Waals surface area contributed by atoms with E-state index < -0.39 is 11.0 Å². The van der Waals surface area contributed by atoms with Crippen molar-refractivity contribution in [2.75, 3.05) is 56.6 Å². The van der Waals surface area contributed by atoms with E-state index in [9.17, 15) is 15.2 Å². The predicted molar refractivity (Wildman–Crippen MR) is 97.9 cm³/mol. The zero-order valence-corrected chi connectivity index (χ0v) is 14.8. The average molecular weight is 352 g/mol. The van der Waals surface area contributed by atoms with E-state index in [0.717, 1.165) is 44.7 Å². The third kappa shape index (κ3) is 5.84. The highest BCUT2D eigenvalue weighted by molar-refractivity contribution is 5.66. The second kappa shape index (κ2) is 9.55. The van der Waals surface area contributed by atoms with Crippen LogP contribution in [0.3, 0.4) is 0 Å². The number of nitrogens with two attached hydrogens (primary N) is 1. The highest BCUT2D eigenvalue weighted by atomic mass is 16.6. The molecule has 8 heteroatoms. The Morgan fingerprint density at radius 2 is 2.08 bits per heavy atom. The SMILES string of the molecule is CCCCOCC(O)CN1CCN(c2ccc([N+](=O)[O-])c(N)c2)CC1. The molecule has 0 saturated carbocycles. The van der Waals surface area contributed by atoms with Crippen LogP contribution in [-0.4, -0.2) is 67.0 Å². The number of unbranched alkanes of at least 4 members (excludes halogenated alkanes) is 1. The summed E-state index contributed by atoms with van der Waals surface area (Å²) < 4.78 is 5.46. The number of piperazine rings is 1. The van der Waals surface area contributed by atoms with Crippen molar-refractivity contribution in [3.63, 3.8) is 0 Å². The van der Waals surface area contributed by atoms with Crippen molar-refractivity contribution in [3.05, 3.63) is 28.3 Å². The Bertz CT molecular complexity index is 562. The lowest BCUT2D eigenvalue weighted by molar-refractivity contribution is -0.383. The third-order valence-corrected chi connectivity index (χ3v) is 4.37. The molecule has 0 aliphatic carbocycles. The minimum atomic E-state index is -0.474. The van der Waals surface area contributed by atoms with Gasteiger partial charge in [-0.15, -0.1) is 0 Å². The number of nitro groups is 1. The molecule has 0 spiro atoms. The fraction of sp³-hybridized carbons (Fsp3) is 0.647. The highest BCUT2D eigenvalue weighted by Gasteiger charge is 2.21. The zero-order valence-electron chi connectivity index (χ0n) is 14.8. The average Bonchev–Trinajstić information content (AvgIpc) is 2.59. The molecule has 0 amide bonds. The van der Waals surface area contributed by atoms with Gasteiger partial charge in [0.05, 0.1) is 17.6 Å². The summed E-state index contributed by atoms with van der Waals surface area (Å²) in [4.78, 5) is 14.7. The van der Waals surface area contributed by atoms with Crippen molar-refractivity contribution in [1.82, 2.24) is 4.90 Å². The molecule has 1 aliphatic heterocycles. The summed E-state index contributed by atoms with van der Waals surface area (Å²) in [7, 11) is 0. The van der Waals surface area contributed by atoms with E-state index in [1.54, 1.807) is 12.1 Å². The number of benzene rings is 1. The molecule has 1 aromatic carbocycles. The van der Waals surface area contributed by atoms with Gasteiger partial charge in [0.1, 0.15) is 5.69 Å². The number of rotatable bonds is 9. The largest absolute Gasteiger partial charge is 0.393 e. The second-order valence-electron chi connectivity index (χ2n) is 6.37. The van der Waals surface area contributed by atoms with Gasteiger partial charge in [-0.3, -0.25) is 15.0 Å². The van der Waals surface area contributed by atoms with Gasteiger partial charge in [0, 0.05) is 51.1 Å². The first-order chi connectivity index (χ1) is 12.0. The third-order valence-electron chi connectivity index (χ3n) is 4.37. The molecule has 1 aliphatic rings. The van der Waals surface area contributed by atoms with E-state index in [4.69, 9.17) is 10.5 Å². The maximum Gasteiger partial charge on any atom is 0.292 e. The van der Waals surface area contributed by atoms with Gasteiger partial charge in [0.15, 0.2) is 0 Å². The van der Waals surface area contributed by atoms with Gasteiger partial charge in [0.2, 0.25) is 0 Å². The van der Waals surface area contributed by atoms with Crippen LogP contribution in [0.15, 0.2) is 18.2 Å². The molecule has 0 aromatic heterocycles. The van der Waals surface area contributed by atoms with Crippen molar-refractivity contribution in [1.29, 1.82) is 0 Å². The lowest BCUT2D eigenvalue weighted by Gasteiger charge is -2.36. The molecule has 1 heterocycles. The number of nitro benzene ring substituents is 1. The van der Waals surface area contributed by atoms with Crippen LogP contribution in [0.1, 0.15) is 19.8 Å². The Morgan fingerprint density at radius 1 is 1.36 bits per heavy atom. The van der Waals surface area contributed by atoms with Gasteiger partial charge in [-0.05, 0) is 18.6 Å². The van der Waals surface area contributed by atoms with Gasteiger partial charge >= 0.3 is 0 Å². The van der Waals surface area contributed by atoms with Crippen LogP contribution in [-0.2, 0) is 4.74 Å². The number of ether oxygens (including phenoxy) is 1. The molecule has 1 aromatic rings. The summed E-state index contributed by atoms with van der Waals surface area (Å²) in [6, 6.07) is 4.85. The fourth-order valence-corrected chi connectivity index (χ4v) is 2.91. The van der Waals surface area contributed by atoms with Gasteiger partial charge < -0.3 is 20.5 Å². The number of hydrogen-bond donors (Lipinski definition) is 2. The van der Waals surface area contributed by atoms with Crippen LogP contribution in [0.25, 0.3) is 0 Å². The van der Waals surface area contributed by atoms with Crippen LogP contribution in [0.5, 0.6) is 0 Å². The van der Waals surface area contributed by atoms with E-state index in [0.29, 0.717) is 19.8 Å². The molecule has 140 valence electrons. The van der Waals surface area contributed by atoms with Gasteiger partial charge in [-0.2, -0.15) is 0 Å². The molecule has 1 unspecified atom stereocenters. The lowest BCUT2D eigenvalue weighted by Crippen LogP contribution is -2.49. The summed E-state index contributed by atoms with van der Waals surface area (Å²) in [6.07, 6.45) is 1.63. The van der Waals surface area contributed by atoms with Crippen LogP contribution < -0.4 is 10.6 Å². The van der Waals surface area contributed by atoms with Gasteiger partial charge in [-0.1, -0.05) is 13.3 Å². The molecule has 0 bridgehead atoms. The van der Waals surface area contributed by atoms with Crippen LogP contribution in [0.2, 0.25) is 0 Å². The Labute approximate surface area is 148 Å². The Hall–Kier alpha value is -1.90. The van der Waals surface area contributed by atoms with Gasteiger partial charge in [0.25, 0.3) is 5.69 Å². The molecule has 3 N–H and O–H groups in total. The number of aliphatic hydroxyl groups excluding tert-OH is 1. The van der Waals surface area contributed by atoms with Crippen LogP contribution >= 0.6 is 0 Å². The monoisotopic (exact) mass is 352 g/mol. The van der Waals surface area contributed by atoms with Gasteiger partial charge in [-0.25, -0.2) is 0 Å². The highest BCUT2D eigenvalue weighted by Crippen LogP contribution is 2.27. The van der Waals surface area contributed by atoms with Crippen molar-refractivity contribution in [2.45, 2.75) is 25.9 Å². The molecule has 1 saturated heterocycles.